The van der Waals surface area contributed by atoms with Gasteiger partial charge in [-0.15, -0.1) is 0 Å². The Morgan fingerprint density at radius 2 is 1.65 bits per heavy atom. The van der Waals surface area contributed by atoms with Crippen molar-refractivity contribution in [3.8, 4) is 11.5 Å². The largest absolute Gasteiger partial charge is 0.497 e. The highest BCUT2D eigenvalue weighted by molar-refractivity contribution is 9.10. The number of hydrogen-bond donors (Lipinski definition) is 0. The van der Waals surface area contributed by atoms with Gasteiger partial charge in [0, 0.05) is 11.5 Å². The smallest absolute Gasteiger partial charge is 0.260 e. The van der Waals surface area contributed by atoms with Crippen LogP contribution in [0.4, 0.5) is 0 Å². The lowest BCUT2D eigenvalue weighted by molar-refractivity contribution is -0.134. The third kappa shape index (κ3) is 4.73. The number of carbonyl (C=O) groups excluding carboxylic acids is 1. The average molecular weight is 378 g/mol. The number of amides is 1. The van der Waals surface area contributed by atoms with E-state index in [-0.39, 0.29) is 18.6 Å². The van der Waals surface area contributed by atoms with Crippen molar-refractivity contribution >= 4 is 21.8 Å². The Labute approximate surface area is 145 Å². The first kappa shape index (κ1) is 17.3. The molecule has 0 aliphatic heterocycles. The van der Waals surface area contributed by atoms with Gasteiger partial charge in [-0.05, 0) is 48.9 Å². The maximum atomic E-state index is 12.3. The van der Waals surface area contributed by atoms with Gasteiger partial charge in [-0.3, -0.25) is 4.79 Å². The molecule has 4 nitrogen and oxygen atoms in total. The van der Waals surface area contributed by atoms with Crippen LogP contribution in [0.2, 0.25) is 0 Å². The molecule has 0 aliphatic carbocycles. The van der Waals surface area contributed by atoms with Gasteiger partial charge < -0.3 is 14.4 Å². The predicted octanol–water partition coefficient (Wildman–Crippen LogP) is 4.06. The average Bonchev–Trinajstić information content (AvgIpc) is 2.59. The highest BCUT2D eigenvalue weighted by atomic mass is 79.9. The Morgan fingerprint density at radius 1 is 1.09 bits per heavy atom. The molecule has 122 valence electrons. The Morgan fingerprint density at radius 3 is 2.22 bits per heavy atom. The molecule has 0 bridgehead atoms. The first-order chi connectivity index (χ1) is 11.0. The van der Waals surface area contributed by atoms with E-state index >= 15 is 0 Å². The SMILES string of the molecule is COc1ccc(C(C)N(C)C(=O)COc2ccc(Br)cc2)cc1. The molecule has 0 radical (unpaired) electrons. The van der Waals surface area contributed by atoms with E-state index in [4.69, 9.17) is 9.47 Å². The monoisotopic (exact) mass is 377 g/mol. The molecule has 0 aliphatic rings. The van der Waals surface area contributed by atoms with Crippen LogP contribution in [0.15, 0.2) is 53.0 Å². The van der Waals surface area contributed by atoms with E-state index in [2.05, 4.69) is 15.9 Å². The van der Waals surface area contributed by atoms with Gasteiger partial charge in [-0.25, -0.2) is 0 Å². The summed E-state index contributed by atoms with van der Waals surface area (Å²) in [6.45, 7) is 2.00. The minimum absolute atomic E-state index is 0.0125. The van der Waals surface area contributed by atoms with Crippen LogP contribution in [0, 0.1) is 0 Å². The number of hydrogen-bond acceptors (Lipinski definition) is 3. The van der Waals surface area contributed by atoms with E-state index < -0.39 is 0 Å². The summed E-state index contributed by atoms with van der Waals surface area (Å²) in [6, 6.07) is 15.1. The summed E-state index contributed by atoms with van der Waals surface area (Å²) < 4.78 is 11.7. The first-order valence-electron chi connectivity index (χ1n) is 7.29. The number of nitrogens with zero attached hydrogens (tertiary/aromatic N) is 1. The van der Waals surface area contributed by atoms with Crippen molar-refractivity contribution in [1.29, 1.82) is 0 Å². The molecule has 1 atom stereocenters. The van der Waals surface area contributed by atoms with E-state index in [1.54, 1.807) is 19.1 Å². The molecule has 1 unspecified atom stereocenters. The molecule has 0 spiro atoms. The standard InChI is InChI=1S/C18H20BrNO3/c1-13(14-4-8-16(22-3)9-5-14)20(2)18(21)12-23-17-10-6-15(19)7-11-17/h4-11,13H,12H2,1-3H3. The normalized spacial score (nSPS) is 11.7. The second-order valence-electron chi connectivity index (χ2n) is 5.20. The van der Waals surface area contributed by atoms with E-state index in [1.807, 2.05) is 55.5 Å². The Kier molecular flexibility index (Phi) is 6.04. The fraction of sp³-hybridized carbons (Fsp3) is 0.278. The van der Waals surface area contributed by atoms with Crippen molar-refractivity contribution in [3.05, 3.63) is 58.6 Å². The maximum absolute atomic E-state index is 12.3. The Bertz CT molecular complexity index is 640. The molecule has 2 aromatic carbocycles. The Hall–Kier alpha value is -2.01. The van der Waals surface area contributed by atoms with Gasteiger partial charge in [0.05, 0.1) is 13.2 Å². The number of methoxy groups -OCH3 is 1. The summed E-state index contributed by atoms with van der Waals surface area (Å²) in [5, 5.41) is 0. The summed E-state index contributed by atoms with van der Waals surface area (Å²) in [5.74, 6) is 1.40. The van der Waals surface area contributed by atoms with Gasteiger partial charge >= 0.3 is 0 Å². The fourth-order valence-electron chi connectivity index (χ4n) is 2.10. The van der Waals surface area contributed by atoms with Crippen LogP contribution in [0.1, 0.15) is 18.5 Å². The summed E-state index contributed by atoms with van der Waals surface area (Å²) in [5.41, 5.74) is 1.05. The van der Waals surface area contributed by atoms with Crippen molar-refractivity contribution in [3.63, 3.8) is 0 Å². The molecule has 0 saturated carbocycles. The van der Waals surface area contributed by atoms with Gasteiger partial charge in [-0.1, -0.05) is 28.1 Å². The van der Waals surface area contributed by atoms with Crippen LogP contribution < -0.4 is 9.47 Å². The molecule has 0 N–H and O–H groups in total. The highest BCUT2D eigenvalue weighted by Gasteiger charge is 2.18. The van der Waals surface area contributed by atoms with Gasteiger partial charge in [0.15, 0.2) is 6.61 Å². The van der Waals surface area contributed by atoms with E-state index in [1.165, 1.54) is 0 Å². The lowest BCUT2D eigenvalue weighted by Gasteiger charge is -2.25. The molecule has 23 heavy (non-hydrogen) atoms. The lowest BCUT2D eigenvalue weighted by atomic mass is 10.1. The summed E-state index contributed by atoms with van der Waals surface area (Å²) in [7, 11) is 3.41. The van der Waals surface area contributed by atoms with Crippen molar-refractivity contribution in [1.82, 2.24) is 4.90 Å². The maximum Gasteiger partial charge on any atom is 0.260 e. The van der Waals surface area contributed by atoms with Crippen LogP contribution in [0.3, 0.4) is 0 Å². The third-order valence-corrected chi connectivity index (χ3v) is 4.28. The number of halogens is 1. The second-order valence-corrected chi connectivity index (χ2v) is 6.11. The van der Waals surface area contributed by atoms with Gasteiger partial charge in [0.25, 0.3) is 5.91 Å². The number of carbonyl (C=O) groups is 1. The molecule has 2 aromatic rings. The Balaban J connectivity index is 1.93. The zero-order valence-corrected chi connectivity index (χ0v) is 15.0. The first-order valence-corrected chi connectivity index (χ1v) is 8.08. The van der Waals surface area contributed by atoms with E-state index in [0.717, 1.165) is 15.8 Å². The molecule has 0 aromatic heterocycles. The summed E-state index contributed by atoms with van der Waals surface area (Å²) in [6.07, 6.45) is 0. The molecule has 5 heteroatoms. The third-order valence-electron chi connectivity index (χ3n) is 3.75. The molecule has 0 heterocycles. The zero-order valence-electron chi connectivity index (χ0n) is 13.5. The van der Waals surface area contributed by atoms with Gasteiger partial charge in [0.1, 0.15) is 11.5 Å². The molecule has 0 fully saturated rings. The molecule has 0 saturated heterocycles. The number of ether oxygens (including phenoxy) is 2. The predicted molar refractivity (Wildman–Crippen MR) is 93.8 cm³/mol. The van der Waals surface area contributed by atoms with Crippen LogP contribution in [-0.4, -0.2) is 31.6 Å². The lowest BCUT2D eigenvalue weighted by Crippen LogP contribution is -2.33. The van der Waals surface area contributed by atoms with Crippen LogP contribution in [0.25, 0.3) is 0 Å². The van der Waals surface area contributed by atoms with E-state index in [9.17, 15) is 4.79 Å². The zero-order chi connectivity index (χ0) is 16.8. The molecular formula is C18H20BrNO3. The number of rotatable bonds is 6. The highest BCUT2D eigenvalue weighted by Crippen LogP contribution is 2.22. The van der Waals surface area contributed by atoms with Crippen LogP contribution >= 0.6 is 15.9 Å². The van der Waals surface area contributed by atoms with Gasteiger partial charge in [-0.2, -0.15) is 0 Å². The van der Waals surface area contributed by atoms with Crippen molar-refractivity contribution in [2.24, 2.45) is 0 Å². The summed E-state index contributed by atoms with van der Waals surface area (Å²) in [4.78, 5) is 14.0. The fourth-order valence-corrected chi connectivity index (χ4v) is 2.36. The van der Waals surface area contributed by atoms with Gasteiger partial charge in [0.2, 0.25) is 0 Å². The number of benzene rings is 2. The van der Waals surface area contributed by atoms with Crippen LogP contribution in [0.5, 0.6) is 11.5 Å². The molecular weight excluding hydrogens is 358 g/mol. The van der Waals surface area contributed by atoms with Crippen molar-refractivity contribution < 1.29 is 14.3 Å². The van der Waals surface area contributed by atoms with Crippen molar-refractivity contribution in [2.75, 3.05) is 20.8 Å². The van der Waals surface area contributed by atoms with Crippen LogP contribution in [-0.2, 0) is 4.79 Å². The number of likely N-dealkylation sites (N-methyl/N-ethyl adjacent to an activating group) is 1. The van der Waals surface area contributed by atoms with E-state index in [0.29, 0.717) is 5.75 Å². The summed E-state index contributed by atoms with van der Waals surface area (Å²) >= 11 is 3.36. The minimum Gasteiger partial charge on any atom is -0.497 e. The second kappa shape index (κ2) is 8.02. The quantitative estimate of drug-likeness (QED) is 0.761. The van der Waals surface area contributed by atoms with Crippen molar-refractivity contribution in [2.45, 2.75) is 13.0 Å². The topological polar surface area (TPSA) is 38.8 Å². The molecule has 2 rings (SSSR count). The molecule has 1 amide bonds. The minimum atomic E-state index is -0.0729.